The minimum absolute atomic E-state index is 0.113. The number of hydrogen-bond acceptors (Lipinski definition) is 8. The first-order chi connectivity index (χ1) is 17.5. The quantitative estimate of drug-likeness (QED) is 0.393. The van der Waals surface area contributed by atoms with E-state index in [1.54, 1.807) is 12.1 Å². The third kappa shape index (κ3) is 4.28. The van der Waals surface area contributed by atoms with Crippen LogP contribution in [0.4, 0.5) is 21.8 Å². The molecule has 36 heavy (non-hydrogen) atoms. The van der Waals surface area contributed by atoms with E-state index in [1.807, 2.05) is 11.4 Å². The molecule has 2 bridgehead atoms. The highest BCUT2D eigenvalue weighted by molar-refractivity contribution is 7.17. The fourth-order valence-corrected chi connectivity index (χ4v) is 6.57. The normalized spacial score (nSPS) is 27.1. The topological polar surface area (TPSA) is 105 Å². The fourth-order valence-electron chi connectivity index (χ4n) is 5.78. The van der Waals surface area contributed by atoms with Gasteiger partial charge in [-0.3, -0.25) is 4.79 Å². The summed E-state index contributed by atoms with van der Waals surface area (Å²) in [6.07, 6.45) is 7.38. The molecule has 3 heterocycles. The van der Waals surface area contributed by atoms with Crippen LogP contribution in [0.1, 0.15) is 19.3 Å². The molecule has 1 saturated carbocycles. The van der Waals surface area contributed by atoms with Crippen molar-refractivity contribution in [2.75, 3.05) is 30.8 Å². The Morgan fingerprint density at radius 2 is 2.14 bits per heavy atom. The maximum absolute atomic E-state index is 14.8. The molecule has 8 nitrogen and oxygen atoms in total. The number of thiophene rings is 1. The number of halogens is 1. The highest BCUT2D eigenvalue weighted by atomic mass is 32.1. The number of primary amides is 1. The minimum atomic E-state index is -0.436. The maximum atomic E-state index is 14.8. The van der Waals surface area contributed by atoms with E-state index < -0.39 is 5.82 Å². The van der Waals surface area contributed by atoms with E-state index in [1.165, 1.54) is 17.4 Å². The molecule has 1 aromatic carbocycles. The molecule has 1 saturated heterocycles. The lowest BCUT2D eigenvalue weighted by molar-refractivity contribution is -0.122. The number of nitrogens with one attached hydrogen (secondary N) is 2. The molecule has 1 amide bonds. The molecule has 2 fully saturated rings. The van der Waals surface area contributed by atoms with Crippen LogP contribution in [-0.2, 0) is 4.79 Å². The Bertz CT molecular complexity index is 1330. The number of rotatable bonds is 8. The molecule has 2 aliphatic carbocycles. The molecular weight excluding hydrogens is 479 g/mol. The SMILES string of the molecule is CN1CCC[C@H]1COc1ccc(Nc2nc(N[C@@H]3C4C=CC(C4)[C@@H]3C(N)=O)c3sccc3n2)cc1F. The summed E-state index contributed by atoms with van der Waals surface area (Å²) in [4.78, 5) is 23.7. The van der Waals surface area contributed by atoms with Gasteiger partial charge in [-0.25, -0.2) is 9.37 Å². The van der Waals surface area contributed by atoms with E-state index in [-0.39, 0.29) is 35.5 Å². The highest BCUT2D eigenvalue weighted by Crippen LogP contribution is 2.45. The van der Waals surface area contributed by atoms with Gasteiger partial charge in [-0.1, -0.05) is 12.2 Å². The summed E-state index contributed by atoms with van der Waals surface area (Å²) in [5.41, 5.74) is 7.04. The summed E-state index contributed by atoms with van der Waals surface area (Å²) in [5, 5.41) is 8.57. The zero-order chi connectivity index (χ0) is 24.8. The number of carbonyl (C=O) groups excluding carboxylic acids is 1. The Hall–Kier alpha value is -3.24. The van der Waals surface area contributed by atoms with Gasteiger partial charge < -0.3 is 26.0 Å². The second-order valence-electron chi connectivity index (χ2n) is 9.94. The van der Waals surface area contributed by atoms with Crippen molar-refractivity contribution in [2.45, 2.75) is 31.3 Å². The van der Waals surface area contributed by atoms with E-state index >= 15 is 0 Å². The number of ether oxygens (including phenoxy) is 1. The van der Waals surface area contributed by atoms with Gasteiger partial charge in [-0.15, -0.1) is 11.3 Å². The number of anilines is 3. The van der Waals surface area contributed by atoms with Gasteiger partial charge in [0.1, 0.15) is 12.4 Å². The third-order valence-corrected chi connectivity index (χ3v) is 8.60. The molecule has 2 unspecified atom stereocenters. The van der Waals surface area contributed by atoms with Crippen LogP contribution in [-0.4, -0.2) is 53.1 Å². The Balaban J connectivity index is 1.20. The average Bonchev–Trinajstić information content (AvgIpc) is 3.63. The number of allylic oxidation sites excluding steroid dienone is 1. The number of amides is 1. The predicted molar refractivity (Wildman–Crippen MR) is 139 cm³/mol. The Morgan fingerprint density at radius 3 is 2.92 bits per heavy atom. The summed E-state index contributed by atoms with van der Waals surface area (Å²) in [7, 11) is 2.07. The van der Waals surface area contributed by atoms with E-state index in [0.29, 0.717) is 30.1 Å². The van der Waals surface area contributed by atoms with Crippen LogP contribution in [0.25, 0.3) is 10.2 Å². The molecule has 3 aromatic rings. The van der Waals surface area contributed by atoms with E-state index in [9.17, 15) is 9.18 Å². The van der Waals surface area contributed by atoms with Gasteiger partial charge in [0, 0.05) is 23.8 Å². The summed E-state index contributed by atoms with van der Waals surface area (Å²) in [6.45, 7) is 1.52. The van der Waals surface area contributed by atoms with Gasteiger partial charge in [0.2, 0.25) is 11.9 Å². The van der Waals surface area contributed by atoms with Gasteiger partial charge in [-0.05, 0) is 68.3 Å². The first kappa shape index (κ1) is 23.2. The zero-order valence-electron chi connectivity index (χ0n) is 20.0. The van der Waals surface area contributed by atoms with Gasteiger partial charge in [0.25, 0.3) is 0 Å². The monoisotopic (exact) mass is 508 g/mol. The molecule has 4 N–H and O–H groups in total. The first-order valence-electron chi connectivity index (χ1n) is 12.4. The van der Waals surface area contributed by atoms with Gasteiger partial charge in [0.15, 0.2) is 11.6 Å². The number of hydrogen-bond donors (Lipinski definition) is 3. The van der Waals surface area contributed by atoms with Crippen LogP contribution in [0.5, 0.6) is 5.75 Å². The van der Waals surface area contributed by atoms with Crippen LogP contribution >= 0.6 is 11.3 Å². The van der Waals surface area contributed by atoms with Crippen molar-refractivity contribution in [1.29, 1.82) is 0 Å². The van der Waals surface area contributed by atoms with Gasteiger partial charge >= 0.3 is 0 Å². The summed E-state index contributed by atoms with van der Waals surface area (Å²) in [6, 6.07) is 6.91. The lowest BCUT2D eigenvalue weighted by atomic mass is 9.88. The number of fused-ring (bicyclic) bond motifs is 3. The molecule has 0 spiro atoms. The van der Waals surface area contributed by atoms with Crippen LogP contribution < -0.4 is 21.1 Å². The molecule has 188 valence electrons. The van der Waals surface area contributed by atoms with Gasteiger partial charge in [0.05, 0.1) is 16.1 Å². The second kappa shape index (κ2) is 9.33. The largest absolute Gasteiger partial charge is 0.489 e. The number of nitrogens with two attached hydrogens (primary N) is 1. The molecule has 2 aromatic heterocycles. The standard InChI is InChI=1S/C26H29FN6O2S/c1-33-9-2-3-17(33)13-35-20-7-6-16(12-18(20)27)29-26-30-19-8-10-36-23(19)25(32-26)31-22-15-5-4-14(11-15)21(22)24(28)34/h4-8,10,12,14-15,17,21-22H,2-3,9,11,13H2,1H3,(H2,28,34)(H2,29,30,31,32)/t14?,15?,17-,21-,22+/m0/s1. The molecular formula is C26H29FN6O2S. The number of nitrogens with zero attached hydrogens (tertiary/aromatic N) is 3. The lowest BCUT2D eigenvalue weighted by Gasteiger charge is -2.27. The zero-order valence-corrected chi connectivity index (χ0v) is 20.8. The van der Waals surface area contributed by atoms with Crippen molar-refractivity contribution in [2.24, 2.45) is 23.5 Å². The number of likely N-dealkylation sites (tertiary alicyclic amines) is 1. The van der Waals surface area contributed by atoms with Crippen LogP contribution in [0.15, 0.2) is 41.8 Å². The van der Waals surface area contributed by atoms with Crippen molar-refractivity contribution in [3.05, 3.63) is 47.6 Å². The minimum Gasteiger partial charge on any atom is -0.489 e. The number of likely N-dealkylation sites (N-methyl/N-ethyl adjacent to an activating group) is 1. The molecule has 1 aliphatic heterocycles. The van der Waals surface area contributed by atoms with Crippen molar-refractivity contribution in [3.63, 3.8) is 0 Å². The predicted octanol–water partition coefficient (Wildman–Crippen LogP) is 4.13. The lowest BCUT2D eigenvalue weighted by Crippen LogP contribution is -2.41. The second-order valence-corrected chi connectivity index (χ2v) is 10.9. The average molecular weight is 509 g/mol. The molecule has 6 rings (SSSR count). The van der Waals surface area contributed by atoms with Crippen molar-refractivity contribution in [1.82, 2.24) is 14.9 Å². The Kier molecular flexibility index (Phi) is 6.00. The summed E-state index contributed by atoms with van der Waals surface area (Å²) < 4.78 is 21.5. The van der Waals surface area contributed by atoms with Crippen molar-refractivity contribution >= 4 is 44.9 Å². The third-order valence-electron chi connectivity index (χ3n) is 7.69. The Labute approximate surface area is 212 Å². The molecule has 10 heteroatoms. The van der Waals surface area contributed by atoms with Crippen LogP contribution in [0.3, 0.4) is 0 Å². The number of carbonyl (C=O) groups is 1. The first-order valence-corrected chi connectivity index (χ1v) is 13.2. The van der Waals surface area contributed by atoms with Crippen molar-refractivity contribution in [3.8, 4) is 5.75 Å². The maximum Gasteiger partial charge on any atom is 0.229 e. The van der Waals surface area contributed by atoms with Gasteiger partial charge in [-0.2, -0.15) is 4.98 Å². The summed E-state index contributed by atoms with van der Waals surface area (Å²) >= 11 is 1.53. The molecule has 5 atom stereocenters. The number of aromatic nitrogens is 2. The van der Waals surface area contributed by atoms with E-state index in [2.05, 4.69) is 39.7 Å². The van der Waals surface area contributed by atoms with Crippen LogP contribution in [0.2, 0.25) is 0 Å². The highest BCUT2D eigenvalue weighted by Gasteiger charge is 2.47. The van der Waals surface area contributed by atoms with E-state index in [4.69, 9.17) is 15.5 Å². The number of benzene rings is 1. The summed E-state index contributed by atoms with van der Waals surface area (Å²) in [5.74, 6) is 0.631. The van der Waals surface area contributed by atoms with Crippen LogP contribution in [0, 0.1) is 23.6 Å². The molecule has 0 radical (unpaired) electrons. The fraction of sp³-hybridized carbons (Fsp3) is 0.423. The smallest absolute Gasteiger partial charge is 0.229 e. The Morgan fingerprint density at radius 1 is 1.28 bits per heavy atom. The molecule has 3 aliphatic rings. The van der Waals surface area contributed by atoms with E-state index in [0.717, 1.165) is 36.0 Å². The van der Waals surface area contributed by atoms with Crippen molar-refractivity contribution < 1.29 is 13.9 Å².